The lowest BCUT2D eigenvalue weighted by Gasteiger charge is -2.28. The minimum atomic E-state index is -1.38. The van der Waals surface area contributed by atoms with Gasteiger partial charge in [0.2, 0.25) is 17.7 Å². The maximum absolute atomic E-state index is 12.5. The molecule has 0 radical (unpaired) electrons. The summed E-state index contributed by atoms with van der Waals surface area (Å²) in [5.41, 5.74) is 13.3. The molecule has 2 atom stereocenters. The van der Waals surface area contributed by atoms with Crippen molar-refractivity contribution in [1.29, 1.82) is 0 Å². The van der Waals surface area contributed by atoms with E-state index in [4.69, 9.17) is 18.9 Å². The van der Waals surface area contributed by atoms with Crippen LogP contribution < -0.4 is 27.0 Å². The van der Waals surface area contributed by atoms with Crippen molar-refractivity contribution in [3.05, 3.63) is 119 Å². The maximum Gasteiger partial charge on any atom is 0.407 e. The van der Waals surface area contributed by atoms with E-state index in [0.29, 0.717) is 32.7 Å². The van der Waals surface area contributed by atoms with E-state index in [0.717, 1.165) is 50.9 Å². The third kappa shape index (κ3) is 13.1. The predicted octanol–water partition coefficient (Wildman–Crippen LogP) is 4.33. The number of nitrogens with two attached hydrogens (primary N) is 1. The van der Waals surface area contributed by atoms with Gasteiger partial charge in [0.05, 0.1) is 19.4 Å². The zero-order valence-electron chi connectivity index (χ0n) is 36.9. The van der Waals surface area contributed by atoms with E-state index in [1.165, 1.54) is 14.1 Å². The van der Waals surface area contributed by atoms with Crippen molar-refractivity contribution in [3.63, 3.8) is 0 Å². The van der Waals surface area contributed by atoms with E-state index in [1.54, 1.807) is 12.0 Å². The lowest BCUT2D eigenvalue weighted by Crippen LogP contribution is -2.50. The van der Waals surface area contributed by atoms with Gasteiger partial charge in [-0.3, -0.25) is 14.4 Å². The average molecular weight is 895 g/mol. The normalized spacial score (nSPS) is 14.2. The number of aliphatic carboxylic acids is 1. The number of nitrogens with one attached hydrogen (secondary N) is 4. The lowest BCUT2D eigenvalue weighted by atomic mass is 9.98. The fraction of sp³-hybridized carbons (Fsp3) is 0.375. The molecule has 17 nitrogen and oxygen atoms in total. The van der Waals surface area contributed by atoms with Crippen molar-refractivity contribution in [3.8, 4) is 22.3 Å². The monoisotopic (exact) mass is 894 g/mol. The fourth-order valence-electron chi connectivity index (χ4n) is 7.95. The van der Waals surface area contributed by atoms with Crippen molar-refractivity contribution in [1.82, 2.24) is 26.2 Å². The van der Waals surface area contributed by atoms with Gasteiger partial charge in [-0.2, -0.15) is 0 Å². The first-order valence-electron chi connectivity index (χ1n) is 21.5. The third-order valence-electron chi connectivity index (χ3n) is 11.1. The molecule has 0 spiro atoms. The van der Waals surface area contributed by atoms with E-state index in [-0.39, 0.29) is 50.5 Å². The molecule has 0 bridgehead atoms. The van der Waals surface area contributed by atoms with Crippen molar-refractivity contribution >= 4 is 35.9 Å². The SMILES string of the molecule is CN.CNC(=O)C(CC(=O)N1CCCOC1)NC(=O)OCC1c2ccccc2-c2ccccc21.COCCCNC(=O)CC(NC(=O)OCC1c2ccccc2-c2ccccc21)C(=O)O. The highest BCUT2D eigenvalue weighted by Gasteiger charge is 2.32. The van der Waals surface area contributed by atoms with Gasteiger partial charge in [0.15, 0.2) is 0 Å². The number of carbonyl (C=O) groups excluding carboxylic acids is 5. The van der Waals surface area contributed by atoms with Gasteiger partial charge in [0, 0.05) is 45.7 Å². The summed E-state index contributed by atoms with van der Waals surface area (Å²) in [7, 11) is 4.52. The van der Waals surface area contributed by atoms with E-state index >= 15 is 0 Å². The Morgan fingerprint density at radius 3 is 1.60 bits per heavy atom. The molecule has 7 rings (SSSR count). The third-order valence-corrected chi connectivity index (χ3v) is 11.1. The summed E-state index contributed by atoms with van der Waals surface area (Å²) in [4.78, 5) is 74.6. The maximum atomic E-state index is 12.5. The Hall–Kier alpha value is -6.82. The smallest absolute Gasteiger partial charge is 0.407 e. The number of amides is 5. The van der Waals surface area contributed by atoms with Crippen molar-refractivity contribution in [2.24, 2.45) is 5.73 Å². The highest BCUT2D eigenvalue weighted by molar-refractivity contribution is 5.91. The number of carboxylic acid groups (broad SMARTS) is 1. The molecule has 65 heavy (non-hydrogen) atoms. The van der Waals surface area contributed by atoms with Crippen molar-refractivity contribution < 1.29 is 52.8 Å². The molecule has 2 unspecified atom stereocenters. The minimum Gasteiger partial charge on any atom is -0.480 e. The zero-order chi connectivity index (χ0) is 46.7. The molecule has 346 valence electrons. The first-order valence-corrected chi connectivity index (χ1v) is 21.5. The number of nitrogens with zero attached hydrogens (tertiary/aromatic N) is 1. The molecule has 1 aliphatic heterocycles. The number of carboxylic acids is 1. The van der Waals surface area contributed by atoms with Crippen molar-refractivity contribution in [2.45, 2.75) is 49.6 Å². The second-order valence-electron chi connectivity index (χ2n) is 15.2. The van der Waals surface area contributed by atoms with E-state index in [1.807, 2.05) is 84.9 Å². The molecule has 7 N–H and O–H groups in total. The zero-order valence-corrected chi connectivity index (χ0v) is 36.9. The minimum absolute atomic E-state index is 0.0649. The largest absolute Gasteiger partial charge is 0.480 e. The predicted molar refractivity (Wildman–Crippen MR) is 242 cm³/mol. The molecule has 17 heteroatoms. The first-order chi connectivity index (χ1) is 31.6. The number of benzene rings is 4. The molecule has 1 fully saturated rings. The number of carbonyl (C=O) groups is 6. The molecule has 1 heterocycles. The Kier molecular flexibility index (Phi) is 18.8. The number of likely N-dealkylation sites (N-methyl/N-ethyl adjacent to an activating group) is 1. The van der Waals surface area contributed by atoms with Gasteiger partial charge in [0.1, 0.15) is 32.0 Å². The van der Waals surface area contributed by atoms with Gasteiger partial charge in [-0.1, -0.05) is 97.1 Å². The van der Waals surface area contributed by atoms with E-state index in [2.05, 4.69) is 39.1 Å². The summed E-state index contributed by atoms with van der Waals surface area (Å²) in [6.07, 6.45) is -0.792. The van der Waals surface area contributed by atoms with Crippen LogP contribution in [0, 0.1) is 0 Å². The van der Waals surface area contributed by atoms with Crippen molar-refractivity contribution in [2.75, 3.05) is 67.5 Å². The number of fused-ring (bicyclic) bond motifs is 6. The summed E-state index contributed by atoms with van der Waals surface area (Å²) in [6.45, 7) is 2.43. The molecule has 0 saturated carbocycles. The van der Waals surface area contributed by atoms with Crippen LogP contribution in [0.1, 0.15) is 59.8 Å². The Morgan fingerprint density at radius 2 is 1.18 bits per heavy atom. The van der Waals surface area contributed by atoms with Crippen LogP contribution in [0.25, 0.3) is 22.3 Å². The molecule has 1 saturated heterocycles. The number of ether oxygens (including phenoxy) is 4. The second kappa shape index (κ2) is 24.9. The Balaban J connectivity index is 0.000000235. The molecule has 4 aromatic carbocycles. The van der Waals surface area contributed by atoms with Crippen LogP contribution in [0.5, 0.6) is 0 Å². The Morgan fingerprint density at radius 1 is 0.723 bits per heavy atom. The number of alkyl carbamates (subject to hydrolysis) is 2. The molecule has 2 aliphatic carbocycles. The second-order valence-corrected chi connectivity index (χ2v) is 15.2. The summed E-state index contributed by atoms with van der Waals surface area (Å²) in [5.74, 6) is -2.70. The standard InChI is InChI=1S/C24H27N3O5.C23H26N2O6.CH5N/c1-25-23(29)21(13-22(28)27-11-6-12-31-15-27)26-24(30)32-14-20-18-9-4-2-7-16(18)17-8-3-5-10-19(17)20;1-30-12-6-11-24-21(26)13-20(22(27)28)25-23(29)31-14-19-17-9-4-2-7-15(17)16-8-3-5-10-18(16)19;1-2/h2-5,7-10,20-21H,6,11-15H2,1H3,(H,25,29)(H,26,30);2-5,7-10,19-20H,6,11-14H2,1H3,(H,24,26)(H,25,29)(H,27,28);2H2,1H3. The van der Waals surface area contributed by atoms with Crippen LogP contribution in [0.3, 0.4) is 0 Å². The van der Waals surface area contributed by atoms with Crippen LogP contribution >= 0.6 is 0 Å². The van der Waals surface area contributed by atoms with Crippen LogP contribution in [0.15, 0.2) is 97.1 Å². The van der Waals surface area contributed by atoms with E-state index in [9.17, 15) is 33.9 Å². The number of methoxy groups -OCH3 is 1. The Labute approximate surface area is 378 Å². The Bertz CT molecular complexity index is 2170. The summed E-state index contributed by atoms with van der Waals surface area (Å²) in [5, 5.41) is 19.3. The molecular weight excluding hydrogens is 837 g/mol. The van der Waals surface area contributed by atoms with Crippen LogP contribution in [0.4, 0.5) is 9.59 Å². The highest BCUT2D eigenvalue weighted by Crippen LogP contribution is 2.45. The summed E-state index contributed by atoms with van der Waals surface area (Å²) >= 11 is 0. The summed E-state index contributed by atoms with van der Waals surface area (Å²) in [6, 6.07) is 29.5. The molecule has 5 amide bonds. The number of rotatable bonds is 16. The van der Waals surface area contributed by atoms with Gasteiger partial charge < -0.3 is 56.0 Å². The molecule has 3 aliphatic rings. The quantitative estimate of drug-likeness (QED) is 0.0863. The van der Waals surface area contributed by atoms with Crippen LogP contribution in [0.2, 0.25) is 0 Å². The van der Waals surface area contributed by atoms with Crippen LogP contribution in [-0.2, 0) is 38.1 Å². The van der Waals surface area contributed by atoms with E-state index < -0.39 is 42.1 Å². The number of hydrogen-bond acceptors (Lipinski definition) is 11. The highest BCUT2D eigenvalue weighted by atomic mass is 16.6. The molecular formula is C48H58N6O11. The van der Waals surface area contributed by atoms with Gasteiger partial charge in [0.25, 0.3) is 0 Å². The summed E-state index contributed by atoms with van der Waals surface area (Å²) < 4.78 is 21.1. The van der Waals surface area contributed by atoms with Crippen LogP contribution in [-0.4, -0.2) is 125 Å². The first kappa shape index (κ1) is 49.2. The molecule has 4 aromatic rings. The lowest BCUT2D eigenvalue weighted by molar-refractivity contribution is -0.143. The molecule has 0 aromatic heterocycles. The fourth-order valence-corrected chi connectivity index (χ4v) is 7.95. The topological polar surface area (TPSA) is 237 Å². The van der Waals surface area contributed by atoms with Gasteiger partial charge in [-0.05, 0) is 64.4 Å². The van der Waals surface area contributed by atoms with Gasteiger partial charge >= 0.3 is 18.2 Å². The van der Waals surface area contributed by atoms with Gasteiger partial charge in [-0.25, -0.2) is 14.4 Å². The number of hydrogen-bond donors (Lipinski definition) is 6. The average Bonchev–Trinajstić information content (AvgIpc) is 3.84. The van der Waals surface area contributed by atoms with Gasteiger partial charge in [-0.15, -0.1) is 0 Å².